The Hall–Kier alpha value is -0.280. The van der Waals surface area contributed by atoms with Crippen molar-refractivity contribution in [1.82, 2.24) is 5.32 Å². The minimum Gasteiger partial charge on any atom is -0.356 e. The Morgan fingerprint density at radius 3 is 2.41 bits per heavy atom. The molecule has 3 fully saturated rings. The van der Waals surface area contributed by atoms with Crippen molar-refractivity contribution in [1.29, 1.82) is 0 Å². The lowest BCUT2D eigenvalue weighted by atomic mass is 9.83. The molecular weight excluding hydrogens is 236 g/mol. The quantitative estimate of drug-likeness (QED) is 0.810. The summed E-state index contributed by atoms with van der Waals surface area (Å²) >= 11 is 0. The van der Waals surface area contributed by atoms with Gasteiger partial charge in [-0.1, -0.05) is 6.42 Å². The lowest BCUT2D eigenvalue weighted by molar-refractivity contribution is -0.127. The molecule has 0 aromatic rings. The summed E-state index contributed by atoms with van der Waals surface area (Å²) in [7, 11) is 0. The molecule has 3 aliphatic rings. The first-order valence-corrected chi connectivity index (χ1v) is 6.79. The van der Waals surface area contributed by atoms with Crippen LogP contribution in [0.15, 0.2) is 0 Å². The predicted molar refractivity (Wildman–Crippen MR) is 69.9 cm³/mol. The first kappa shape index (κ1) is 13.2. The van der Waals surface area contributed by atoms with Gasteiger partial charge in [0.2, 0.25) is 5.91 Å². The molecule has 17 heavy (non-hydrogen) atoms. The van der Waals surface area contributed by atoms with Gasteiger partial charge in [-0.3, -0.25) is 4.79 Å². The summed E-state index contributed by atoms with van der Waals surface area (Å²) in [5.41, 5.74) is 6.16. The third-order valence-electron chi connectivity index (χ3n) is 5.07. The van der Waals surface area contributed by atoms with Gasteiger partial charge in [-0.05, 0) is 49.9 Å². The van der Waals surface area contributed by atoms with Crippen LogP contribution in [0.2, 0.25) is 0 Å². The highest BCUT2D eigenvalue weighted by molar-refractivity contribution is 5.85. The smallest absolute Gasteiger partial charge is 0.224 e. The van der Waals surface area contributed by atoms with Gasteiger partial charge in [0.25, 0.3) is 0 Å². The van der Waals surface area contributed by atoms with Crippen molar-refractivity contribution in [3.8, 4) is 0 Å². The zero-order chi connectivity index (χ0) is 11.1. The van der Waals surface area contributed by atoms with Crippen LogP contribution in [0.4, 0.5) is 0 Å². The Labute approximate surface area is 109 Å². The molecule has 1 amide bonds. The highest BCUT2D eigenvalue weighted by Crippen LogP contribution is 2.47. The van der Waals surface area contributed by atoms with E-state index in [1.165, 1.54) is 38.5 Å². The molecule has 3 aliphatic carbocycles. The van der Waals surface area contributed by atoms with Gasteiger partial charge in [0.1, 0.15) is 0 Å². The number of carbonyl (C=O) groups is 1. The second kappa shape index (κ2) is 5.15. The van der Waals surface area contributed by atoms with Gasteiger partial charge in [0.15, 0.2) is 0 Å². The second-order valence-electron chi connectivity index (χ2n) is 5.98. The summed E-state index contributed by atoms with van der Waals surface area (Å²) in [4.78, 5) is 12.1. The largest absolute Gasteiger partial charge is 0.356 e. The SMILES string of the molecule is Cl.NC1C2CCC(C2)C1C(=O)NCC1CCC1. The van der Waals surface area contributed by atoms with Gasteiger partial charge in [0.05, 0.1) is 5.92 Å². The van der Waals surface area contributed by atoms with E-state index in [1.54, 1.807) is 0 Å². The molecule has 0 heterocycles. The molecule has 3 nitrogen and oxygen atoms in total. The van der Waals surface area contributed by atoms with Crippen molar-refractivity contribution in [2.24, 2.45) is 29.4 Å². The maximum atomic E-state index is 12.1. The number of carbonyl (C=O) groups excluding carboxylic acids is 1. The fraction of sp³-hybridized carbons (Fsp3) is 0.923. The van der Waals surface area contributed by atoms with Crippen molar-refractivity contribution in [2.45, 2.75) is 44.6 Å². The fourth-order valence-corrected chi connectivity index (χ4v) is 3.78. The Kier molecular flexibility index (Phi) is 3.99. The van der Waals surface area contributed by atoms with E-state index >= 15 is 0 Å². The van der Waals surface area contributed by atoms with Crippen LogP contribution in [0, 0.1) is 23.7 Å². The van der Waals surface area contributed by atoms with E-state index in [2.05, 4.69) is 5.32 Å². The fourth-order valence-electron chi connectivity index (χ4n) is 3.78. The van der Waals surface area contributed by atoms with Crippen LogP contribution in [0.5, 0.6) is 0 Å². The van der Waals surface area contributed by atoms with Crippen molar-refractivity contribution in [2.75, 3.05) is 6.54 Å². The Morgan fingerprint density at radius 2 is 1.88 bits per heavy atom. The molecule has 3 saturated carbocycles. The Bertz CT molecular complexity index is 291. The van der Waals surface area contributed by atoms with E-state index in [0.717, 1.165) is 12.5 Å². The standard InChI is InChI=1S/C13H22N2O.ClH/c14-12-10-5-4-9(6-10)11(12)13(16)15-7-8-2-1-3-8;/h8-12H,1-7,14H2,(H,15,16);1H. The number of rotatable bonds is 3. The van der Waals surface area contributed by atoms with Crippen LogP contribution in [0.1, 0.15) is 38.5 Å². The number of hydrogen-bond donors (Lipinski definition) is 2. The molecule has 4 heteroatoms. The van der Waals surface area contributed by atoms with Crippen LogP contribution in [-0.4, -0.2) is 18.5 Å². The van der Waals surface area contributed by atoms with Gasteiger partial charge in [-0.2, -0.15) is 0 Å². The lowest BCUT2D eigenvalue weighted by Gasteiger charge is -2.30. The van der Waals surface area contributed by atoms with E-state index in [4.69, 9.17) is 5.73 Å². The summed E-state index contributed by atoms with van der Waals surface area (Å²) in [6, 6.07) is 0.139. The maximum absolute atomic E-state index is 12.1. The van der Waals surface area contributed by atoms with Crippen LogP contribution in [0.3, 0.4) is 0 Å². The number of amides is 1. The van der Waals surface area contributed by atoms with E-state index in [-0.39, 0.29) is 30.3 Å². The molecule has 0 aliphatic heterocycles. The molecule has 4 unspecified atom stereocenters. The van der Waals surface area contributed by atoms with E-state index < -0.39 is 0 Å². The van der Waals surface area contributed by atoms with E-state index in [9.17, 15) is 4.79 Å². The number of halogens is 1. The molecule has 3 rings (SSSR count). The maximum Gasteiger partial charge on any atom is 0.224 e. The summed E-state index contributed by atoms with van der Waals surface area (Å²) in [5, 5.41) is 3.12. The zero-order valence-corrected chi connectivity index (χ0v) is 11.0. The van der Waals surface area contributed by atoms with Crippen molar-refractivity contribution in [3.05, 3.63) is 0 Å². The minimum absolute atomic E-state index is 0. The molecule has 98 valence electrons. The monoisotopic (exact) mass is 258 g/mol. The molecule has 0 spiro atoms. The normalized spacial score (nSPS) is 39.6. The molecule has 0 aromatic carbocycles. The summed E-state index contributed by atoms with van der Waals surface area (Å²) in [5.74, 6) is 2.33. The summed E-state index contributed by atoms with van der Waals surface area (Å²) < 4.78 is 0. The number of nitrogens with two attached hydrogens (primary N) is 1. The average molecular weight is 259 g/mol. The van der Waals surface area contributed by atoms with Gasteiger partial charge in [-0.25, -0.2) is 0 Å². The van der Waals surface area contributed by atoms with Crippen LogP contribution >= 0.6 is 12.4 Å². The van der Waals surface area contributed by atoms with Crippen molar-refractivity contribution in [3.63, 3.8) is 0 Å². The molecule has 0 saturated heterocycles. The van der Waals surface area contributed by atoms with Gasteiger partial charge in [-0.15, -0.1) is 12.4 Å². The van der Waals surface area contributed by atoms with Crippen molar-refractivity contribution >= 4 is 18.3 Å². The second-order valence-corrected chi connectivity index (χ2v) is 5.98. The van der Waals surface area contributed by atoms with Crippen molar-refractivity contribution < 1.29 is 4.79 Å². The Balaban J connectivity index is 0.00000108. The molecule has 4 atom stereocenters. The zero-order valence-electron chi connectivity index (χ0n) is 10.2. The first-order valence-electron chi connectivity index (χ1n) is 6.79. The van der Waals surface area contributed by atoms with Crippen LogP contribution < -0.4 is 11.1 Å². The third-order valence-corrected chi connectivity index (χ3v) is 5.07. The molecule has 3 N–H and O–H groups in total. The number of hydrogen-bond acceptors (Lipinski definition) is 2. The summed E-state index contributed by atoms with van der Waals surface area (Å²) in [6.07, 6.45) is 7.60. The lowest BCUT2D eigenvalue weighted by Crippen LogP contribution is -2.46. The Morgan fingerprint density at radius 1 is 1.18 bits per heavy atom. The predicted octanol–water partition coefficient (Wildman–Crippen LogP) is 1.70. The molecule has 0 aromatic heterocycles. The van der Waals surface area contributed by atoms with E-state index in [0.29, 0.717) is 11.8 Å². The topological polar surface area (TPSA) is 55.1 Å². The number of fused-ring (bicyclic) bond motifs is 2. The average Bonchev–Trinajstić information content (AvgIpc) is 2.74. The minimum atomic E-state index is 0. The van der Waals surface area contributed by atoms with Gasteiger partial charge >= 0.3 is 0 Å². The molecule has 2 bridgehead atoms. The third kappa shape index (κ3) is 2.32. The van der Waals surface area contributed by atoms with Gasteiger partial charge < -0.3 is 11.1 Å². The molecule has 0 radical (unpaired) electrons. The first-order chi connectivity index (χ1) is 7.75. The number of nitrogens with one attached hydrogen (secondary N) is 1. The highest BCUT2D eigenvalue weighted by Gasteiger charge is 2.48. The van der Waals surface area contributed by atoms with Crippen LogP contribution in [0.25, 0.3) is 0 Å². The summed E-state index contributed by atoms with van der Waals surface area (Å²) in [6.45, 7) is 0.888. The van der Waals surface area contributed by atoms with Gasteiger partial charge in [0, 0.05) is 12.6 Å². The van der Waals surface area contributed by atoms with Crippen LogP contribution in [-0.2, 0) is 4.79 Å². The van der Waals surface area contributed by atoms with E-state index in [1.807, 2.05) is 0 Å². The molecular formula is C13H23ClN2O. The highest BCUT2D eigenvalue weighted by atomic mass is 35.5.